The van der Waals surface area contributed by atoms with Crippen molar-refractivity contribution in [2.45, 2.75) is 0 Å². The van der Waals surface area contributed by atoms with Crippen molar-refractivity contribution < 1.29 is 4.79 Å². The topological polar surface area (TPSA) is 52.2 Å². The predicted molar refractivity (Wildman–Crippen MR) is 88.5 cm³/mol. The fourth-order valence-corrected chi connectivity index (χ4v) is 3.69. The number of nitrogens with zero attached hydrogens (tertiary/aromatic N) is 3. The Labute approximate surface area is 132 Å². The van der Waals surface area contributed by atoms with Gasteiger partial charge in [-0.15, -0.1) is 11.3 Å². The van der Waals surface area contributed by atoms with Gasteiger partial charge in [0.1, 0.15) is 0 Å². The molecular weight excluding hydrogens is 296 g/mol. The highest BCUT2D eigenvalue weighted by Crippen LogP contribution is 2.24. The third-order valence-corrected chi connectivity index (χ3v) is 5.03. The van der Waals surface area contributed by atoms with Crippen LogP contribution in [0.1, 0.15) is 10.4 Å². The lowest BCUT2D eigenvalue weighted by Gasteiger charge is -2.35. The maximum Gasteiger partial charge on any atom is 0.254 e. The van der Waals surface area contributed by atoms with Gasteiger partial charge in [-0.05, 0) is 29.6 Å². The van der Waals surface area contributed by atoms with E-state index in [-0.39, 0.29) is 5.91 Å². The van der Waals surface area contributed by atoms with Crippen LogP contribution in [0.2, 0.25) is 0 Å². The lowest BCUT2D eigenvalue weighted by Crippen LogP contribution is -2.48. The minimum absolute atomic E-state index is 0.0952. The molecule has 3 aromatic rings. The molecule has 1 N–H and O–H groups in total. The van der Waals surface area contributed by atoms with Gasteiger partial charge in [-0.1, -0.05) is 6.07 Å². The van der Waals surface area contributed by atoms with Crippen LogP contribution < -0.4 is 4.90 Å². The van der Waals surface area contributed by atoms with Gasteiger partial charge >= 0.3 is 0 Å². The average molecular weight is 312 g/mol. The minimum atomic E-state index is 0.0952. The van der Waals surface area contributed by atoms with Gasteiger partial charge in [-0.25, -0.2) is 0 Å². The van der Waals surface area contributed by atoms with E-state index in [4.69, 9.17) is 0 Å². The van der Waals surface area contributed by atoms with Crippen molar-refractivity contribution in [2.24, 2.45) is 0 Å². The molecule has 4 rings (SSSR count). The minimum Gasteiger partial charge on any atom is -0.360 e. The van der Waals surface area contributed by atoms with E-state index in [9.17, 15) is 4.79 Å². The highest BCUT2D eigenvalue weighted by molar-refractivity contribution is 7.14. The van der Waals surface area contributed by atoms with E-state index < -0.39 is 0 Å². The zero-order valence-corrected chi connectivity index (χ0v) is 12.8. The molecule has 1 saturated heterocycles. The second-order valence-electron chi connectivity index (χ2n) is 5.37. The number of amides is 1. The molecule has 0 spiro atoms. The van der Waals surface area contributed by atoms with E-state index in [0.717, 1.165) is 42.6 Å². The number of fused-ring (bicyclic) bond motifs is 1. The van der Waals surface area contributed by atoms with E-state index in [1.165, 1.54) is 5.00 Å². The summed E-state index contributed by atoms with van der Waals surface area (Å²) in [5.41, 5.74) is 1.64. The van der Waals surface area contributed by atoms with Crippen LogP contribution in [0, 0.1) is 0 Å². The zero-order valence-electron chi connectivity index (χ0n) is 12.0. The summed E-state index contributed by atoms with van der Waals surface area (Å²) < 4.78 is 0. The number of hydrogen-bond donors (Lipinski definition) is 1. The molecule has 112 valence electrons. The fourth-order valence-electron chi connectivity index (χ4n) is 2.90. The summed E-state index contributed by atoms with van der Waals surface area (Å²) in [6.45, 7) is 3.27. The number of rotatable bonds is 2. The van der Waals surface area contributed by atoms with E-state index in [2.05, 4.69) is 32.6 Å². The molecule has 6 heteroatoms. The van der Waals surface area contributed by atoms with Crippen molar-refractivity contribution in [3.8, 4) is 0 Å². The Morgan fingerprint density at radius 1 is 1.14 bits per heavy atom. The second kappa shape index (κ2) is 5.46. The molecule has 0 saturated carbocycles. The largest absolute Gasteiger partial charge is 0.360 e. The summed E-state index contributed by atoms with van der Waals surface area (Å²) in [5.74, 6) is 0.0952. The van der Waals surface area contributed by atoms with Crippen LogP contribution in [-0.4, -0.2) is 47.2 Å². The number of carbonyl (C=O) groups excluding carboxylic acids is 1. The summed E-state index contributed by atoms with van der Waals surface area (Å²) in [7, 11) is 0. The fraction of sp³-hybridized carbons (Fsp3) is 0.250. The van der Waals surface area contributed by atoms with Gasteiger partial charge in [-0.3, -0.25) is 9.89 Å². The van der Waals surface area contributed by atoms with E-state index in [1.54, 1.807) is 17.5 Å². The molecule has 22 heavy (non-hydrogen) atoms. The first-order valence-electron chi connectivity index (χ1n) is 7.33. The summed E-state index contributed by atoms with van der Waals surface area (Å²) in [5, 5.41) is 11.2. The van der Waals surface area contributed by atoms with E-state index >= 15 is 0 Å². The Morgan fingerprint density at radius 3 is 2.77 bits per heavy atom. The third-order valence-electron chi connectivity index (χ3n) is 4.10. The van der Waals surface area contributed by atoms with Crippen molar-refractivity contribution in [1.82, 2.24) is 15.1 Å². The number of thiophene rings is 1. The Hall–Kier alpha value is -2.34. The molecule has 3 heterocycles. The van der Waals surface area contributed by atoms with Crippen molar-refractivity contribution in [2.75, 3.05) is 31.1 Å². The van der Waals surface area contributed by atoms with Crippen LogP contribution in [0.3, 0.4) is 0 Å². The van der Waals surface area contributed by atoms with Gasteiger partial charge < -0.3 is 9.80 Å². The molecule has 0 bridgehead atoms. The first-order valence-corrected chi connectivity index (χ1v) is 8.21. The summed E-state index contributed by atoms with van der Waals surface area (Å²) in [6, 6.07) is 9.92. The monoisotopic (exact) mass is 312 g/mol. The molecule has 0 atom stereocenters. The maximum absolute atomic E-state index is 12.8. The van der Waals surface area contributed by atoms with Gasteiger partial charge in [0.25, 0.3) is 5.91 Å². The number of benzene rings is 1. The summed E-state index contributed by atoms with van der Waals surface area (Å²) in [6.07, 6.45) is 1.73. The molecule has 1 aliphatic rings. The van der Waals surface area contributed by atoms with Crippen LogP contribution in [0.5, 0.6) is 0 Å². The summed E-state index contributed by atoms with van der Waals surface area (Å²) >= 11 is 1.75. The Kier molecular flexibility index (Phi) is 3.31. The smallest absolute Gasteiger partial charge is 0.254 e. The first kappa shape index (κ1) is 13.3. The molecule has 2 aromatic heterocycles. The van der Waals surface area contributed by atoms with Gasteiger partial charge in [0, 0.05) is 31.6 Å². The number of aromatic nitrogens is 2. The van der Waals surface area contributed by atoms with Gasteiger partial charge in [0.05, 0.1) is 22.3 Å². The molecule has 1 aromatic carbocycles. The average Bonchev–Trinajstić information content (AvgIpc) is 3.25. The maximum atomic E-state index is 12.8. The highest BCUT2D eigenvalue weighted by Gasteiger charge is 2.24. The molecular formula is C16H16N4OS. The van der Waals surface area contributed by atoms with E-state index in [1.807, 2.05) is 23.1 Å². The van der Waals surface area contributed by atoms with Crippen LogP contribution in [-0.2, 0) is 0 Å². The predicted octanol–water partition coefficient (Wildman–Crippen LogP) is 2.59. The van der Waals surface area contributed by atoms with Crippen LogP contribution >= 0.6 is 11.3 Å². The number of nitrogens with one attached hydrogen (secondary N) is 1. The molecule has 0 unspecified atom stereocenters. The number of H-pyrrole nitrogens is 1. The van der Waals surface area contributed by atoms with Gasteiger partial charge in [0.15, 0.2) is 0 Å². The second-order valence-corrected chi connectivity index (χ2v) is 6.29. The zero-order chi connectivity index (χ0) is 14.9. The third kappa shape index (κ3) is 2.25. The first-order chi connectivity index (χ1) is 10.8. The van der Waals surface area contributed by atoms with Gasteiger partial charge in [0.2, 0.25) is 0 Å². The van der Waals surface area contributed by atoms with E-state index in [0.29, 0.717) is 0 Å². The van der Waals surface area contributed by atoms with Crippen molar-refractivity contribution in [1.29, 1.82) is 0 Å². The molecule has 0 aliphatic carbocycles. The van der Waals surface area contributed by atoms with Crippen molar-refractivity contribution in [3.05, 3.63) is 47.5 Å². The van der Waals surface area contributed by atoms with Crippen molar-refractivity contribution in [3.63, 3.8) is 0 Å². The molecule has 5 nitrogen and oxygen atoms in total. The van der Waals surface area contributed by atoms with Crippen LogP contribution in [0.15, 0.2) is 41.9 Å². The van der Waals surface area contributed by atoms with Gasteiger partial charge in [-0.2, -0.15) is 5.10 Å². The Bertz CT molecular complexity index is 787. The number of anilines is 1. The molecule has 1 aliphatic heterocycles. The normalized spacial score (nSPS) is 15.5. The SMILES string of the molecule is O=C(c1cccc2[nH]ncc12)N1CCN(c2cccs2)CC1. The lowest BCUT2D eigenvalue weighted by molar-refractivity contribution is 0.0749. The lowest BCUT2D eigenvalue weighted by atomic mass is 10.1. The van der Waals surface area contributed by atoms with Crippen LogP contribution in [0.4, 0.5) is 5.00 Å². The molecule has 1 fully saturated rings. The van der Waals surface area contributed by atoms with Crippen LogP contribution in [0.25, 0.3) is 10.9 Å². The number of aromatic amines is 1. The quantitative estimate of drug-likeness (QED) is 0.791. The Morgan fingerprint density at radius 2 is 2.00 bits per heavy atom. The summed E-state index contributed by atoms with van der Waals surface area (Å²) in [4.78, 5) is 17.0. The number of hydrogen-bond acceptors (Lipinski definition) is 4. The molecule has 1 amide bonds. The number of carbonyl (C=O) groups is 1. The Balaban J connectivity index is 1.51. The van der Waals surface area contributed by atoms with Crippen molar-refractivity contribution >= 4 is 33.1 Å². The standard InChI is InChI=1S/C16H16N4OS/c21-16(12-3-1-4-14-13(12)11-17-18-14)20-8-6-19(7-9-20)15-5-2-10-22-15/h1-5,10-11H,6-9H2,(H,17,18). The highest BCUT2D eigenvalue weighted by atomic mass is 32.1. The molecule has 0 radical (unpaired) electrons. The number of piperazine rings is 1.